The number of imidazole rings is 1. The molecule has 1 atom stereocenters. The number of hydrogen-bond acceptors (Lipinski definition) is 4. The summed E-state index contributed by atoms with van der Waals surface area (Å²) in [7, 11) is 1.54. The molecule has 0 aliphatic heterocycles. The molecule has 0 saturated carbocycles. The predicted molar refractivity (Wildman–Crippen MR) is 89.7 cm³/mol. The minimum atomic E-state index is -1.25. The molecule has 0 fully saturated rings. The Hall–Kier alpha value is -2.86. The molecule has 0 radical (unpaired) electrons. The summed E-state index contributed by atoms with van der Waals surface area (Å²) in [5, 5.41) is 12.9. The van der Waals surface area contributed by atoms with Gasteiger partial charge in [-0.1, -0.05) is 18.2 Å². The van der Waals surface area contributed by atoms with Crippen LogP contribution in [0.25, 0.3) is 5.65 Å². The maximum absolute atomic E-state index is 12.2. The van der Waals surface area contributed by atoms with Crippen molar-refractivity contribution in [3.8, 4) is 5.75 Å². The van der Waals surface area contributed by atoms with Crippen LogP contribution < -0.4 is 10.1 Å². The second kappa shape index (κ2) is 6.72. The Kier molecular flexibility index (Phi) is 4.48. The van der Waals surface area contributed by atoms with E-state index in [1.165, 1.54) is 7.11 Å². The van der Waals surface area contributed by atoms with Gasteiger partial charge in [0.2, 0.25) is 0 Å². The van der Waals surface area contributed by atoms with E-state index >= 15 is 0 Å². The van der Waals surface area contributed by atoms with Crippen molar-refractivity contribution in [2.24, 2.45) is 0 Å². The lowest BCUT2D eigenvalue weighted by atomic mass is 10.1. The summed E-state index contributed by atoms with van der Waals surface area (Å²) in [5.74, 6) is 0.118. The van der Waals surface area contributed by atoms with Crippen LogP contribution >= 0.6 is 0 Å². The zero-order valence-corrected chi connectivity index (χ0v) is 13.6. The highest BCUT2D eigenvalue weighted by Crippen LogP contribution is 2.19. The number of methoxy groups -OCH3 is 1. The van der Waals surface area contributed by atoms with Gasteiger partial charge in [-0.2, -0.15) is 0 Å². The standard InChI is InChI=1S/C18H19N3O3/c1-12-5-4-8-21-11-14(20-17(12)21)10-19-18(23)16(22)13-6-3-7-15(9-13)24-2/h3-9,11,16,22H,10H2,1-2H3,(H,19,23). The third-order valence-electron chi connectivity index (χ3n) is 3.83. The number of benzene rings is 1. The third-order valence-corrected chi connectivity index (χ3v) is 3.83. The number of aliphatic hydroxyl groups excluding tert-OH is 1. The molecule has 2 N–H and O–H groups in total. The number of nitrogens with one attached hydrogen (secondary N) is 1. The van der Waals surface area contributed by atoms with Crippen LogP contribution in [0, 0.1) is 6.92 Å². The van der Waals surface area contributed by atoms with Crippen molar-refractivity contribution in [1.82, 2.24) is 14.7 Å². The van der Waals surface area contributed by atoms with Crippen molar-refractivity contribution in [1.29, 1.82) is 0 Å². The van der Waals surface area contributed by atoms with Crippen LogP contribution in [0.15, 0.2) is 48.8 Å². The van der Waals surface area contributed by atoms with Crippen molar-refractivity contribution in [3.05, 3.63) is 65.6 Å². The minimum absolute atomic E-state index is 0.251. The van der Waals surface area contributed by atoms with E-state index in [-0.39, 0.29) is 6.54 Å². The molecule has 3 aromatic rings. The van der Waals surface area contributed by atoms with E-state index in [0.29, 0.717) is 11.3 Å². The van der Waals surface area contributed by atoms with Gasteiger partial charge < -0.3 is 19.6 Å². The van der Waals surface area contributed by atoms with Crippen molar-refractivity contribution in [2.75, 3.05) is 7.11 Å². The number of pyridine rings is 1. The Balaban J connectivity index is 1.68. The minimum Gasteiger partial charge on any atom is -0.497 e. The Morgan fingerprint density at radius 2 is 2.21 bits per heavy atom. The van der Waals surface area contributed by atoms with Gasteiger partial charge in [0.1, 0.15) is 11.4 Å². The molecule has 124 valence electrons. The lowest BCUT2D eigenvalue weighted by Crippen LogP contribution is -2.28. The highest BCUT2D eigenvalue weighted by atomic mass is 16.5. The number of aliphatic hydroxyl groups is 1. The molecule has 1 unspecified atom stereocenters. The van der Waals surface area contributed by atoms with Gasteiger partial charge in [-0.15, -0.1) is 0 Å². The molecule has 1 amide bonds. The van der Waals surface area contributed by atoms with Crippen LogP contribution in [0.5, 0.6) is 5.75 Å². The average Bonchev–Trinajstić information content (AvgIpc) is 3.03. The number of hydrogen-bond donors (Lipinski definition) is 2. The average molecular weight is 325 g/mol. The van der Waals surface area contributed by atoms with Gasteiger partial charge in [0.15, 0.2) is 6.10 Å². The Labute approximate surface area is 139 Å². The summed E-state index contributed by atoms with van der Waals surface area (Å²) in [6.45, 7) is 2.23. The number of nitrogens with zero attached hydrogens (tertiary/aromatic N) is 2. The van der Waals surface area contributed by atoms with E-state index in [1.807, 2.05) is 35.9 Å². The van der Waals surface area contributed by atoms with Gasteiger partial charge in [-0.05, 0) is 36.2 Å². The van der Waals surface area contributed by atoms with Crippen LogP contribution in [0.1, 0.15) is 22.9 Å². The maximum Gasteiger partial charge on any atom is 0.253 e. The van der Waals surface area contributed by atoms with Gasteiger partial charge in [0.25, 0.3) is 5.91 Å². The number of aromatic nitrogens is 2. The van der Waals surface area contributed by atoms with Gasteiger partial charge in [-0.3, -0.25) is 4.79 Å². The van der Waals surface area contributed by atoms with E-state index in [0.717, 1.165) is 16.9 Å². The first-order chi connectivity index (χ1) is 11.6. The van der Waals surface area contributed by atoms with Gasteiger partial charge in [0, 0.05) is 12.4 Å². The summed E-state index contributed by atoms with van der Waals surface area (Å²) in [6.07, 6.45) is 2.52. The monoisotopic (exact) mass is 325 g/mol. The molecule has 6 heteroatoms. The molecule has 2 heterocycles. The summed E-state index contributed by atoms with van der Waals surface area (Å²) in [5.41, 5.74) is 3.13. The Bertz CT molecular complexity index is 873. The fourth-order valence-electron chi connectivity index (χ4n) is 2.53. The SMILES string of the molecule is COc1cccc(C(O)C(=O)NCc2cn3cccc(C)c3n2)c1. The van der Waals surface area contributed by atoms with Crippen molar-refractivity contribution >= 4 is 11.6 Å². The third kappa shape index (κ3) is 3.23. The van der Waals surface area contributed by atoms with E-state index in [9.17, 15) is 9.90 Å². The summed E-state index contributed by atoms with van der Waals surface area (Å²) < 4.78 is 7.02. The van der Waals surface area contributed by atoms with E-state index in [2.05, 4.69) is 10.3 Å². The Morgan fingerprint density at radius 3 is 2.96 bits per heavy atom. The number of amides is 1. The van der Waals surface area contributed by atoms with Gasteiger partial charge in [0.05, 0.1) is 19.3 Å². The summed E-state index contributed by atoms with van der Waals surface area (Å²) in [4.78, 5) is 16.7. The normalized spacial score (nSPS) is 12.1. The molecule has 0 aliphatic rings. The highest BCUT2D eigenvalue weighted by Gasteiger charge is 2.18. The zero-order chi connectivity index (χ0) is 17.1. The van der Waals surface area contributed by atoms with Crippen molar-refractivity contribution in [3.63, 3.8) is 0 Å². The topological polar surface area (TPSA) is 75.9 Å². The Morgan fingerprint density at radius 1 is 1.38 bits per heavy atom. The van der Waals surface area contributed by atoms with Crippen LogP contribution in [-0.2, 0) is 11.3 Å². The molecule has 1 aromatic carbocycles. The molecule has 24 heavy (non-hydrogen) atoms. The van der Waals surface area contributed by atoms with E-state index < -0.39 is 12.0 Å². The fraction of sp³-hybridized carbons (Fsp3) is 0.222. The summed E-state index contributed by atoms with van der Waals surface area (Å²) >= 11 is 0. The van der Waals surface area contributed by atoms with Crippen LogP contribution in [0.3, 0.4) is 0 Å². The quantitative estimate of drug-likeness (QED) is 0.752. The van der Waals surface area contributed by atoms with Gasteiger partial charge in [-0.25, -0.2) is 4.98 Å². The molecule has 3 rings (SSSR count). The van der Waals surface area contributed by atoms with Crippen molar-refractivity contribution in [2.45, 2.75) is 19.6 Å². The van der Waals surface area contributed by atoms with E-state index in [1.54, 1.807) is 24.3 Å². The molecule has 0 bridgehead atoms. The van der Waals surface area contributed by atoms with Gasteiger partial charge >= 0.3 is 0 Å². The van der Waals surface area contributed by atoms with Crippen LogP contribution in [0.4, 0.5) is 0 Å². The molecule has 0 saturated heterocycles. The summed E-state index contributed by atoms with van der Waals surface area (Å²) in [6, 6.07) is 10.7. The van der Waals surface area contributed by atoms with E-state index in [4.69, 9.17) is 4.74 Å². The fourth-order valence-corrected chi connectivity index (χ4v) is 2.53. The maximum atomic E-state index is 12.2. The molecule has 6 nitrogen and oxygen atoms in total. The first-order valence-corrected chi connectivity index (χ1v) is 7.61. The first-order valence-electron chi connectivity index (χ1n) is 7.61. The molecular formula is C18H19N3O3. The van der Waals surface area contributed by atoms with Crippen LogP contribution in [-0.4, -0.2) is 27.5 Å². The van der Waals surface area contributed by atoms with Crippen molar-refractivity contribution < 1.29 is 14.6 Å². The number of ether oxygens (including phenoxy) is 1. The number of rotatable bonds is 5. The second-order valence-corrected chi connectivity index (χ2v) is 5.55. The second-order valence-electron chi connectivity index (χ2n) is 5.55. The number of fused-ring (bicyclic) bond motifs is 1. The lowest BCUT2D eigenvalue weighted by molar-refractivity contribution is -0.129. The molecular weight excluding hydrogens is 306 g/mol. The largest absolute Gasteiger partial charge is 0.497 e. The first kappa shape index (κ1) is 16.0. The number of aryl methyl sites for hydroxylation is 1. The number of carbonyl (C=O) groups excluding carboxylic acids is 1. The molecule has 0 spiro atoms. The molecule has 2 aromatic heterocycles. The predicted octanol–water partition coefficient (Wildman–Crippen LogP) is 2.00. The number of carbonyl (C=O) groups is 1. The lowest BCUT2D eigenvalue weighted by Gasteiger charge is -2.12. The zero-order valence-electron chi connectivity index (χ0n) is 13.6. The smallest absolute Gasteiger partial charge is 0.253 e. The molecule has 0 aliphatic carbocycles. The van der Waals surface area contributed by atoms with Crippen LogP contribution in [0.2, 0.25) is 0 Å². The highest BCUT2D eigenvalue weighted by molar-refractivity contribution is 5.82.